The minimum Gasteiger partial charge on any atom is -0.324 e. The zero-order valence-electron chi connectivity index (χ0n) is 7.96. The third kappa shape index (κ3) is 3.93. The van der Waals surface area contributed by atoms with E-state index in [-0.39, 0.29) is 6.04 Å². The van der Waals surface area contributed by atoms with Gasteiger partial charge in [0.2, 0.25) is 0 Å². The fourth-order valence-corrected chi connectivity index (χ4v) is 0.826. The van der Waals surface area contributed by atoms with Crippen molar-refractivity contribution in [2.24, 2.45) is 10.8 Å². The highest BCUT2D eigenvalue weighted by Crippen LogP contribution is 2.00. The Labute approximate surface area is 74.0 Å². The van der Waals surface area contributed by atoms with Crippen LogP contribution in [0.3, 0.4) is 0 Å². The SMILES string of the molecule is C=C/C(=C\C(C)=N/NC)C(C)N. The summed E-state index contributed by atoms with van der Waals surface area (Å²) in [6.07, 6.45) is 3.66. The third-order valence-corrected chi connectivity index (χ3v) is 1.43. The van der Waals surface area contributed by atoms with Gasteiger partial charge in [0.05, 0.1) is 5.71 Å². The summed E-state index contributed by atoms with van der Waals surface area (Å²) in [5.74, 6) is 0. The molecule has 0 aromatic rings. The van der Waals surface area contributed by atoms with Crippen LogP contribution in [-0.4, -0.2) is 18.8 Å². The lowest BCUT2D eigenvalue weighted by atomic mass is 10.1. The van der Waals surface area contributed by atoms with Gasteiger partial charge in [0.15, 0.2) is 0 Å². The second-order valence-electron chi connectivity index (χ2n) is 2.61. The van der Waals surface area contributed by atoms with E-state index in [0.29, 0.717) is 0 Å². The van der Waals surface area contributed by atoms with Gasteiger partial charge in [-0.1, -0.05) is 12.7 Å². The molecule has 0 saturated carbocycles. The molecule has 1 unspecified atom stereocenters. The largest absolute Gasteiger partial charge is 0.324 e. The van der Waals surface area contributed by atoms with Crippen molar-refractivity contribution >= 4 is 5.71 Å². The summed E-state index contributed by atoms with van der Waals surface area (Å²) in [4.78, 5) is 0. The quantitative estimate of drug-likeness (QED) is 0.373. The van der Waals surface area contributed by atoms with E-state index in [1.54, 1.807) is 13.1 Å². The molecule has 0 aliphatic heterocycles. The first kappa shape index (κ1) is 10.9. The molecule has 0 heterocycles. The molecule has 0 amide bonds. The summed E-state index contributed by atoms with van der Waals surface area (Å²) in [5.41, 5.74) is 10.3. The molecule has 0 spiro atoms. The van der Waals surface area contributed by atoms with Gasteiger partial charge in [-0.15, -0.1) is 0 Å². The van der Waals surface area contributed by atoms with Crippen LogP contribution in [0.5, 0.6) is 0 Å². The number of allylic oxidation sites excluding steroid dienone is 1. The molecule has 0 radical (unpaired) electrons. The molecule has 0 aliphatic rings. The van der Waals surface area contributed by atoms with Crippen molar-refractivity contribution in [3.05, 3.63) is 24.3 Å². The lowest BCUT2D eigenvalue weighted by Gasteiger charge is -2.05. The molecular formula is C9H17N3. The maximum absolute atomic E-state index is 5.68. The van der Waals surface area contributed by atoms with Crippen LogP contribution in [0.15, 0.2) is 29.4 Å². The molecule has 0 fully saturated rings. The van der Waals surface area contributed by atoms with Gasteiger partial charge in [-0.3, -0.25) is 0 Å². The van der Waals surface area contributed by atoms with Crippen LogP contribution in [0.1, 0.15) is 13.8 Å². The Morgan fingerprint density at radius 2 is 2.25 bits per heavy atom. The average Bonchev–Trinajstić information content (AvgIpc) is 2.00. The fraction of sp³-hybridized carbons (Fsp3) is 0.444. The summed E-state index contributed by atoms with van der Waals surface area (Å²) in [6.45, 7) is 7.49. The molecular weight excluding hydrogens is 150 g/mol. The summed E-state index contributed by atoms with van der Waals surface area (Å²) in [5, 5.41) is 3.98. The van der Waals surface area contributed by atoms with Gasteiger partial charge in [-0.25, -0.2) is 0 Å². The Morgan fingerprint density at radius 3 is 2.58 bits per heavy atom. The van der Waals surface area contributed by atoms with Crippen LogP contribution >= 0.6 is 0 Å². The minimum absolute atomic E-state index is 0.00417. The highest BCUT2D eigenvalue weighted by Gasteiger charge is 1.98. The lowest BCUT2D eigenvalue weighted by molar-refractivity contribution is 0.881. The predicted molar refractivity (Wildman–Crippen MR) is 54.1 cm³/mol. The van der Waals surface area contributed by atoms with Gasteiger partial charge in [-0.05, 0) is 25.5 Å². The highest BCUT2D eigenvalue weighted by atomic mass is 15.3. The highest BCUT2D eigenvalue weighted by molar-refractivity contribution is 5.93. The fourth-order valence-electron chi connectivity index (χ4n) is 0.826. The maximum Gasteiger partial charge on any atom is 0.0575 e. The molecule has 0 rings (SSSR count). The van der Waals surface area contributed by atoms with Gasteiger partial charge >= 0.3 is 0 Å². The van der Waals surface area contributed by atoms with Gasteiger partial charge in [0.1, 0.15) is 0 Å². The van der Waals surface area contributed by atoms with Crippen molar-refractivity contribution in [3.8, 4) is 0 Å². The molecule has 3 N–H and O–H groups in total. The van der Waals surface area contributed by atoms with Crippen molar-refractivity contribution in [1.82, 2.24) is 5.43 Å². The Kier molecular flexibility index (Phi) is 5.04. The van der Waals surface area contributed by atoms with Gasteiger partial charge in [-0.2, -0.15) is 5.10 Å². The summed E-state index contributed by atoms with van der Waals surface area (Å²) < 4.78 is 0. The van der Waals surface area contributed by atoms with E-state index in [9.17, 15) is 0 Å². The Morgan fingerprint density at radius 1 is 1.67 bits per heavy atom. The van der Waals surface area contributed by atoms with Crippen LogP contribution in [0.4, 0.5) is 0 Å². The third-order valence-electron chi connectivity index (χ3n) is 1.43. The molecule has 0 aromatic carbocycles. The first-order valence-electron chi connectivity index (χ1n) is 3.92. The number of nitrogens with one attached hydrogen (secondary N) is 1. The number of rotatable bonds is 4. The smallest absolute Gasteiger partial charge is 0.0575 e. The van der Waals surface area contributed by atoms with Crippen LogP contribution in [0.2, 0.25) is 0 Å². The molecule has 68 valence electrons. The van der Waals surface area contributed by atoms with E-state index < -0.39 is 0 Å². The topological polar surface area (TPSA) is 50.4 Å². The molecule has 3 nitrogen and oxygen atoms in total. The number of hydrazone groups is 1. The number of hydrogen-bond donors (Lipinski definition) is 2. The molecule has 1 atom stereocenters. The lowest BCUT2D eigenvalue weighted by Crippen LogP contribution is -2.17. The van der Waals surface area contributed by atoms with Crippen LogP contribution < -0.4 is 11.2 Å². The number of nitrogens with zero attached hydrogens (tertiary/aromatic N) is 1. The van der Waals surface area contributed by atoms with E-state index in [4.69, 9.17) is 5.73 Å². The van der Waals surface area contributed by atoms with Crippen LogP contribution in [-0.2, 0) is 0 Å². The van der Waals surface area contributed by atoms with Crippen molar-refractivity contribution in [3.63, 3.8) is 0 Å². The van der Waals surface area contributed by atoms with Crippen molar-refractivity contribution in [2.45, 2.75) is 19.9 Å². The standard InChI is InChI=1S/C9H17N3/c1-5-9(8(3)10)6-7(2)12-11-4/h5-6,8,11H,1,10H2,2-4H3/b9-6+,12-7-. The zero-order valence-corrected chi connectivity index (χ0v) is 7.96. The average molecular weight is 167 g/mol. The van der Waals surface area contributed by atoms with Crippen molar-refractivity contribution in [1.29, 1.82) is 0 Å². The molecule has 0 aromatic heterocycles. The van der Waals surface area contributed by atoms with E-state index in [1.165, 1.54) is 0 Å². The minimum atomic E-state index is 0.00417. The van der Waals surface area contributed by atoms with Gasteiger partial charge in [0.25, 0.3) is 0 Å². The van der Waals surface area contributed by atoms with Crippen LogP contribution in [0, 0.1) is 0 Å². The van der Waals surface area contributed by atoms with E-state index in [2.05, 4.69) is 17.1 Å². The second kappa shape index (κ2) is 5.55. The van der Waals surface area contributed by atoms with Crippen molar-refractivity contribution in [2.75, 3.05) is 7.05 Å². The van der Waals surface area contributed by atoms with Crippen LogP contribution in [0.25, 0.3) is 0 Å². The first-order chi connectivity index (χ1) is 5.61. The molecule has 3 heteroatoms. The molecule has 12 heavy (non-hydrogen) atoms. The Hall–Kier alpha value is -1.09. The van der Waals surface area contributed by atoms with Gasteiger partial charge < -0.3 is 11.2 Å². The maximum atomic E-state index is 5.68. The monoisotopic (exact) mass is 167 g/mol. The van der Waals surface area contributed by atoms with E-state index >= 15 is 0 Å². The van der Waals surface area contributed by atoms with Crippen molar-refractivity contribution < 1.29 is 0 Å². The predicted octanol–water partition coefficient (Wildman–Crippen LogP) is 1.04. The van der Waals surface area contributed by atoms with E-state index in [0.717, 1.165) is 11.3 Å². The number of hydrogen-bond acceptors (Lipinski definition) is 3. The summed E-state index contributed by atoms with van der Waals surface area (Å²) >= 11 is 0. The first-order valence-corrected chi connectivity index (χ1v) is 3.92. The van der Waals surface area contributed by atoms with E-state index in [1.807, 2.05) is 19.9 Å². The zero-order chi connectivity index (χ0) is 9.56. The summed E-state index contributed by atoms with van der Waals surface area (Å²) in [6, 6.07) is 0.00417. The summed E-state index contributed by atoms with van der Waals surface area (Å²) in [7, 11) is 1.76. The van der Waals surface area contributed by atoms with Gasteiger partial charge in [0, 0.05) is 13.1 Å². The molecule has 0 saturated heterocycles. The Balaban J connectivity index is 4.48. The molecule has 0 aliphatic carbocycles. The molecule has 0 bridgehead atoms. The second-order valence-corrected chi connectivity index (χ2v) is 2.61. The normalized spacial score (nSPS) is 15.7. The Bertz CT molecular complexity index is 202. The number of nitrogens with two attached hydrogens (primary N) is 1.